The maximum atomic E-state index is 12.7. The molecule has 7 heteroatoms. The first-order valence-electron chi connectivity index (χ1n) is 9.95. The van der Waals surface area contributed by atoms with Gasteiger partial charge >= 0.3 is 0 Å². The molecule has 0 bridgehead atoms. The number of hydrogen-bond donors (Lipinski definition) is 1. The van der Waals surface area contributed by atoms with E-state index >= 15 is 0 Å². The molecule has 0 spiro atoms. The van der Waals surface area contributed by atoms with Gasteiger partial charge in [-0.15, -0.1) is 0 Å². The number of para-hydroxylation sites is 1. The van der Waals surface area contributed by atoms with E-state index in [1.165, 1.54) is 0 Å². The Hall–Kier alpha value is -3.06. The van der Waals surface area contributed by atoms with Crippen molar-refractivity contribution in [2.45, 2.75) is 33.4 Å². The topological polar surface area (TPSA) is 80.6 Å². The molecular weight excluding hydrogens is 370 g/mol. The fourth-order valence-corrected chi connectivity index (χ4v) is 3.65. The molecule has 0 atom stereocenters. The minimum Gasteiger partial charge on any atom is -0.490 e. The third kappa shape index (κ3) is 4.05. The van der Waals surface area contributed by atoms with E-state index in [1.807, 2.05) is 32.0 Å². The van der Waals surface area contributed by atoms with Crippen LogP contribution in [0.25, 0.3) is 11.6 Å². The summed E-state index contributed by atoms with van der Waals surface area (Å²) in [6.07, 6.45) is 2.28. The van der Waals surface area contributed by atoms with Crippen LogP contribution in [-0.4, -0.2) is 34.6 Å². The summed E-state index contributed by atoms with van der Waals surface area (Å²) in [6, 6.07) is 9.52. The maximum absolute atomic E-state index is 12.7. The predicted molar refractivity (Wildman–Crippen MR) is 109 cm³/mol. The number of benzene rings is 1. The van der Waals surface area contributed by atoms with Gasteiger partial charge in [0.1, 0.15) is 0 Å². The van der Waals surface area contributed by atoms with Crippen molar-refractivity contribution in [1.29, 1.82) is 0 Å². The fourth-order valence-electron chi connectivity index (χ4n) is 3.65. The van der Waals surface area contributed by atoms with E-state index in [2.05, 4.69) is 14.9 Å². The van der Waals surface area contributed by atoms with Crippen molar-refractivity contribution < 1.29 is 13.9 Å². The van der Waals surface area contributed by atoms with Crippen LogP contribution in [0, 0.1) is 0 Å². The monoisotopic (exact) mass is 395 g/mol. The Morgan fingerprint density at radius 1 is 1.17 bits per heavy atom. The van der Waals surface area contributed by atoms with Gasteiger partial charge in [-0.2, -0.15) is 0 Å². The quantitative estimate of drug-likeness (QED) is 0.661. The van der Waals surface area contributed by atoms with Crippen LogP contribution in [0.3, 0.4) is 0 Å². The Bertz CT molecular complexity index is 1030. The van der Waals surface area contributed by atoms with E-state index in [1.54, 1.807) is 18.4 Å². The Morgan fingerprint density at radius 3 is 2.79 bits per heavy atom. The second-order valence-electron chi connectivity index (χ2n) is 6.89. The molecule has 1 aliphatic heterocycles. The molecule has 1 N–H and O–H groups in total. The van der Waals surface area contributed by atoms with Crippen molar-refractivity contribution in [1.82, 2.24) is 14.9 Å². The van der Waals surface area contributed by atoms with Gasteiger partial charge in [0.2, 0.25) is 0 Å². The van der Waals surface area contributed by atoms with Crippen molar-refractivity contribution >= 4 is 0 Å². The molecule has 1 aromatic carbocycles. The van der Waals surface area contributed by atoms with Gasteiger partial charge in [0, 0.05) is 31.6 Å². The van der Waals surface area contributed by atoms with Crippen LogP contribution in [0.2, 0.25) is 0 Å². The zero-order valence-corrected chi connectivity index (χ0v) is 16.7. The van der Waals surface area contributed by atoms with Crippen LogP contribution < -0.4 is 15.0 Å². The molecule has 7 nitrogen and oxygen atoms in total. The molecule has 0 saturated heterocycles. The van der Waals surface area contributed by atoms with E-state index in [9.17, 15) is 4.79 Å². The summed E-state index contributed by atoms with van der Waals surface area (Å²) < 4.78 is 17.0. The smallest absolute Gasteiger partial charge is 0.256 e. The Morgan fingerprint density at radius 2 is 2.03 bits per heavy atom. The minimum absolute atomic E-state index is 0.112. The number of furan rings is 1. The molecular formula is C22H25N3O4. The van der Waals surface area contributed by atoms with Gasteiger partial charge in [0.15, 0.2) is 23.1 Å². The molecule has 0 aliphatic carbocycles. The molecule has 0 unspecified atom stereocenters. The van der Waals surface area contributed by atoms with Gasteiger partial charge in [-0.05, 0) is 32.0 Å². The van der Waals surface area contributed by atoms with E-state index in [-0.39, 0.29) is 5.56 Å². The summed E-state index contributed by atoms with van der Waals surface area (Å²) >= 11 is 0. The SMILES string of the molecule is CCOc1cccc(CN2CCc3nc(-c4ccco4)[nH]c(=O)c3C2)c1OCC. The molecule has 152 valence electrons. The predicted octanol–water partition coefficient (Wildman–Crippen LogP) is 3.39. The molecule has 0 amide bonds. The molecule has 2 aromatic heterocycles. The zero-order valence-electron chi connectivity index (χ0n) is 16.7. The first-order valence-corrected chi connectivity index (χ1v) is 9.95. The second-order valence-corrected chi connectivity index (χ2v) is 6.89. The van der Waals surface area contributed by atoms with Crippen LogP contribution in [0.1, 0.15) is 30.7 Å². The number of ether oxygens (including phenoxy) is 2. The number of aromatic amines is 1. The lowest BCUT2D eigenvalue weighted by Crippen LogP contribution is -2.35. The Labute approximate surface area is 169 Å². The Kier molecular flexibility index (Phi) is 5.67. The summed E-state index contributed by atoms with van der Waals surface area (Å²) in [5.41, 5.74) is 2.49. The average Bonchev–Trinajstić information content (AvgIpc) is 3.26. The highest BCUT2D eigenvalue weighted by Crippen LogP contribution is 2.33. The number of aromatic nitrogens is 2. The van der Waals surface area contributed by atoms with Crippen molar-refractivity contribution in [3.63, 3.8) is 0 Å². The van der Waals surface area contributed by atoms with E-state index < -0.39 is 0 Å². The highest BCUT2D eigenvalue weighted by Gasteiger charge is 2.23. The van der Waals surface area contributed by atoms with Crippen molar-refractivity contribution in [2.24, 2.45) is 0 Å². The number of hydrogen-bond acceptors (Lipinski definition) is 6. The lowest BCUT2D eigenvalue weighted by molar-refractivity contribution is 0.232. The fraction of sp³-hybridized carbons (Fsp3) is 0.364. The lowest BCUT2D eigenvalue weighted by atomic mass is 10.1. The summed E-state index contributed by atoms with van der Waals surface area (Å²) in [7, 11) is 0. The molecule has 0 fully saturated rings. The van der Waals surface area contributed by atoms with Crippen LogP contribution in [0.4, 0.5) is 0 Å². The lowest BCUT2D eigenvalue weighted by Gasteiger charge is -2.28. The van der Waals surface area contributed by atoms with Crippen LogP contribution in [-0.2, 0) is 19.5 Å². The van der Waals surface area contributed by atoms with E-state index in [4.69, 9.17) is 13.9 Å². The molecule has 0 saturated carbocycles. The highest BCUT2D eigenvalue weighted by atomic mass is 16.5. The van der Waals surface area contributed by atoms with Gasteiger partial charge in [-0.25, -0.2) is 4.98 Å². The van der Waals surface area contributed by atoms with Crippen molar-refractivity contribution in [2.75, 3.05) is 19.8 Å². The number of rotatable bonds is 7. The molecule has 3 heterocycles. The van der Waals surface area contributed by atoms with E-state index in [0.29, 0.717) is 49.9 Å². The molecule has 4 rings (SSSR count). The zero-order chi connectivity index (χ0) is 20.2. The van der Waals surface area contributed by atoms with Crippen molar-refractivity contribution in [3.8, 4) is 23.1 Å². The third-order valence-electron chi connectivity index (χ3n) is 4.95. The van der Waals surface area contributed by atoms with Gasteiger partial charge in [-0.1, -0.05) is 12.1 Å². The molecule has 3 aromatic rings. The van der Waals surface area contributed by atoms with Gasteiger partial charge < -0.3 is 18.9 Å². The Balaban J connectivity index is 1.57. The second kappa shape index (κ2) is 8.53. The summed E-state index contributed by atoms with van der Waals surface area (Å²) in [5.74, 6) is 2.59. The van der Waals surface area contributed by atoms with Crippen LogP contribution in [0.15, 0.2) is 45.8 Å². The molecule has 1 aliphatic rings. The third-order valence-corrected chi connectivity index (χ3v) is 4.95. The van der Waals surface area contributed by atoms with Gasteiger partial charge in [0.05, 0.1) is 30.7 Å². The normalized spacial score (nSPS) is 13.9. The largest absolute Gasteiger partial charge is 0.490 e. The first kappa shape index (κ1) is 19.3. The van der Waals surface area contributed by atoms with Crippen LogP contribution >= 0.6 is 0 Å². The summed E-state index contributed by atoms with van der Waals surface area (Å²) in [4.78, 5) is 22.4. The standard InChI is InChI=1S/C22H25N3O4/c1-3-27-18-8-5-7-15(20(18)28-4-2)13-25-11-10-17-16(14-25)22(26)24-21(23-17)19-9-6-12-29-19/h5-9,12H,3-4,10-11,13-14H2,1-2H3,(H,23,24,26). The van der Waals surface area contributed by atoms with E-state index in [0.717, 1.165) is 29.3 Å². The number of nitrogens with one attached hydrogen (secondary N) is 1. The highest BCUT2D eigenvalue weighted by molar-refractivity contribution is 5.48. The number of nitrogens with zero attached hydrogens (tertiary/aromatic N) is 2. The molecule has 29 heavy (non-hydrogen) atoms. The average molecular weight is 395 g/mol. The maximum Gasteiger partial charge on any atom is 0.256 e. The summed E-state index contributed by atoms with van der Waals surface area (Å²) in [5, 5.41) is 0. The minimum atomic E-state index is -0.112. The summed E-state index contributed by atoms with van der Waals surface area (Å²) in [6.45, 7) is 7.10. The van der Waals surface area contributed by atoms with Gasteiger partial charge in [0.25, 0.3) is 5.56 Å². The first-order chi connectivity index (χ1) is 14.2. The number of fused-ring (bicyclic) bond motifs is 1. The molecule has 0 radical (unpaired) electrons. The van der Waals surface area contributed by atoms with Crippen molar-refractivity contribution in [3.05, 3.63) is 63.8 Å². The van der Waals surface area contributed by atoms with Crippen LogP contribution in [0.5, 0.6) is 11.5 Å². The van der Waals surface area contributed by atoms with Gasteiger partial charge in [-0.3, -0.25) is 9.69 Å². The number of H-pyrrole nitrogens is 1.